The fourth-order valence-electron chi connectivity index (χ4n) is 1.49. The molecule has 0 fully saturated rings. The van der Waals surface area contributed by atoms with E-state index in [1.54, 1.807) is 25.8 Å². The van der Waals surface area contributed by atoms with E-state index in [4.69, 9.17) is 4.74 Å². The molecule has 0 bridgehead atoms. The van der Waals surface area contributed by atoms with Gasteiger partial charge in [-0.3, -0.25) is 4.79 Å². The number of hydrogen-bond donors (Lipinski definition) is 0. The summed E-state index contributed by atoms with van der Waals surface area (Å²) in [4.78, 5) is 14.8. The van der Waals surface area contributed by atoms with Crippen LogP contribution in [0.1, 0.15) is 17.3 Å². The molecular formula is C13H19NO2S. The minimum atomic E-state index is 0.0507. The zero-order valence-electron chi connectivity index (χ0n) is 10.8. The van der Waals surface area contributed by atoms with Crippen LogP contribution in [0.3, 0.4) is 0 Å². The molecule has 0 aromatic heterocycles. The lowest BCUT2D eigenvalue weighted by Gasteiger charge is -2.12. The molecule has 1 aromatic carbocycles. The van der Waals surface area contributed by atoms with Gasteiger partial charge in [0.15, 0.2) is 5.78 Å². The standard InChI is InChI=1S/C13H19NO2S/c1-10(15)13-11(16-4)6-5-7-12(13)17-9-8-14(2)3/h5-7H,8-9H2,1-4H3. The minimum Gasteiger partial charge on any atom is -0.496 e. The van der Waals surface area contributed by atoms with E-state index in [0.29, 0.717) is 11.3 Å². The molecule has 0 saturated carbocycles. The molecule has 1 aromatic rings. The van der Waals surface area contributed by atoms with Crippen molar-refractivity contribution in [1.82, 2.24) is 4.90 Å². The summed E-state index contributed by atoms with van der Waals surface area (Å²) in [6.07, 6.45) is 0. The van der Waals surface area contributed by atoms with Gasteiger partial charge in [-0.1, -0.05) is 6.07 Å². The number of carbonyl (C=O) groups is 1. The summed E-state index contributed by atoms with van der Waals surface area (Å²) in [5.74, 6) is 1.67. The summed E-state index contributed by atoms with van der Waals surface area (Å²) in [7, 11) is 5.67. The molecular weight excluding hydrogens is 234 g/mol. The van der Waals surface area contributed by atoms with Gasteiger partial charge in [0.05, 0.1) is 12.7 Å². The second-order valence-electron chi connectivity index (χ2n) is 4.04. The lowest BCUT2D eigenvalue weighted by Crippen LogP contribution is -2.15. The summed E-state index contributed by atoms with van der Waals surface area (Å²) in [5.41, 5.74) is 0.693. The van der Waals surface area contributed by atoms with Crippen LogP contribution in [0.4, 0.5) is 0 Å². The van der Waals surface area contributed by atoms with Gasteiger partial charge in [0.1, 0.15) is 5.75 Å². The predicted octanol–water partition coefficient (Wildman–Crippen LogP) is 2.55. The number of carbonyl (C=O) groups excluding carboxylic acids is 1. The zero-order chi connectivity index (χ0) is 12.8. The Hall–Kier alpha value is -1.00. The van der Waals surface area contributed by atoms with Crippen LogP contribution < -0.4 is 4.74 Å². The number of ketones is 1. The van der Waals surface area contributed by atoms with Crippen molar-refractivity contribution in [3.05, 3.63) is 23.8 Å². The Bertz CT molecular complexity index is 391. The summed E-state index contributed by atoms with van der Waals surface area (Å²) in [6, 6.07) is 5.72. The normalized spacial score (nSPS) is 10.6. The van der Waals surface area contributed by atoms with E-state index in [2.05, 4.69) is 4.90 Å². The molecule has 1 rings (SSSR count). The summed E-state index contributed by atoms with van der Waals surface area (Å²) < 4.78 is 5.23. The van der Waals surface area contributed by atoms with E-state index in [1.165, 1.54) is 0 Å². The number of rotatable bonds is 6. The molecule has 0 atom stereocenters. The van der Waals surface area contributed by atoms with Crippen molar-refractivity contribution < 1.29 is 9.53 Å². The molecule has 0 aliphatic rings. The van der Waals surface area contributed by atoms with Gasteiger partial charge in [0.2, 0.25) is 0 Å². The van der Waals surface area contributed by atoms with Crippen LogP contribution in [-0.2, 0) is 0 Å². The van der Waals surface area contributed by atoms with Crippen LogP contribution in [0.15, 0.2) is 23.1 Å². The van der Waals surface area contributed by atoms with Crippen LogP contribution in [0.5, 0.6) is 5.75 Å². The van der Waals surface area contributed by atoms with E-state index in [-0.39, 0.29) is 5.78 Å². The first-order valence-electron chi connectivity index (χ1n) is 5.51. The molecule has 0 unspecified atom stereocenters. The molecule has 4 heteroatoms. The Balaban J connectivity index is 2.87. The number of benzene rings is 1. The van der Waals surface area contributed by atoms with Gasteiger partial charge in [-0.15, -0.1) is 11.8 Å². The lowest BCUT2D eigenvalue weighted by molar-refractivity contribution is 0.101. The van der Waals surface area contributed by atoms with Crippen LogP contribution >= 0.6 is 11.8 Å². The maximum Gasteiger partial charge on any atom is 0.164 e. The molecule has 0 aliphatic heterocycles. The van der Waals surface area contributed by atoms with Gasteiger partial charge in [-0.05, 0) is 33.2 Å². The first-order valence-corrected chi connectivity index (χ1v) is 6.50. The van der Waals surface area contributed by atoms with Gasteiger partial charge in [-0.2, -0.15) is 0 Å². The van der Waals surface area contributed by atoms with E-state index in [0.717, 1.165) is 17.2 Å². The Labute approximate surface area is 107 Å². The number of hydrogen-bond acceptors (Lipinski definition) is 4. The second-order valence-corrected chi connectivity index (χ2v) is 5.18. The highest BCUT2D eigenvalue weighted by atomic mass is 32.2. The van der Waals surface area contributed by atoms with E-state index < -0.39 is 0 Å². The average molecular weight is 253 g/mol. The third-order valence-electron chi connectivity index (χ3n) is 2.36. The SMILES string of the molecule is COc1cccc(SCCN(C)C)c1C(C)=O. The Morgan fingerprint density at radius 2 is 2.12 bits per heavy atom. The molecule has 3 nitrogen and oxygen atoms in total. The highest BCUT2D eigenvalue weighted by molar-refractivity contribution is 7.99. The molecule has 0 aliphatic carbocycles. The summed E-state index contributed by atoms with van der Waals surface area (Å²) in [5, 5.41) is 0. The average Bonchev–Trinajstić information content (AvgIpc) is 2.27. The summed E-state index contributed by atoms with van der Waals surface area (Å²) >= 11 is 1.69. The first kappa shape index (κ1) is 14.1. The Kier molecular flexibility index (Phi) is 5.51. The largest absolute Gasteiger partial charge is 0.496 e. The first-order chi connectivity index (χ1) is 8.06. The molecule has 94 valence electrons. The third kappa shape index (κ3) is 4.06. The van der Waals surface area contributed by atoms with Crippen LogP contribution in [0, 0.1) is 0 Å². The van der Waals surface area contributed by atoms with Gasteiger partial charge in [0.25, 0.3) is 0 Å². The molecule has 0 saturated heterocycles. The fraction of sp³-hybridized carbons (Fsp3) is 0.462. The van der Waals surface area contributed by atoms with E-state index in [9.17, 15) is 4.79 Å². The van der Waals surface area contributed by atoms with Gasteiger partial charge in [-0.25, -0.2) is 0 Å². The van der Waals surface area contributed by atoms with Gasteiger partial charge < -0.3 is 9.64 Å². The van der Waals surface area contributed by atoms with Gasteiger partial charge >= 0.3 is 0 Å². The smallest absolute Gasteiger partial charge is 0.164 e. The van der Waals surface area contributed by atoms with Crippen molar-refractivity contribution in [2.24, 2.45) is 0 Å². The highest BCUT2D eigenvalue weighted by Crippen LogP contribution is 2.30. The van der Waals surface area contributed by atoms with Crippen molar-refractivity contribution in [2.45, 2.75) is 11.8 Å². The number of Topliss-reactive ketones (excluding diaryl/α,β-unsaturated/α-hetero) is 1. The van der Waals surface area contributed by atoms with Crippen LogP contribution in [0.2, 0.25) is 0 Å². The molecule has 0 N–H and O–H groups in total. The number of nitrogens with zero attached hydrogens (tertiary/aromatic N) is 1. The fourth-order valence-corrected chi connectivity index (χ4v) is 2.73. The third-order valence-corrected chi connectivity index (χ3v) is 3.39. The number of methoxy groups -OCH3 is 1. The molecule has 0 radical (unpaired) electrons. The molecule has 0 amide bonds. The van der Waals surface area contributed by atoms with Crippen LogP contribution in [-0.4, -0.2) is 44.2 Å². The number of ether oxygens (including phenoxy) is 1. The molecule has 17 heavy (non-hydrogen) atoms. The van der Waals surface area contributed by atoms with E-state index in [1.807, 2.05) is 32.3 Å². The quantitative estimate of drug-likeness (QED) is 0.575. The minimum absolute atomic E-state index is 0.0507. The molecule has 0 spiro atoms. The Morgan fingerprint density at radius 1 is 1.41 bits per heavy atom. The Morgan fingerprint density at radius 3 is 2.65 bits per heavy atom. The second kappa shape index (κ2) is 6.67. The lowest BCUT2D eigenvalue weighted by atomic mass is 10.1. The topological polar surface area (TPSA) is 29.5 Å². The highest BCUT2D eigenvalue weighted by Gasteiger charge is 2.13. The van der Waals surface area contributed by atoms with Crippen molar-refractivity contribution in [3.8, 4) is 5.75 Å². The maximum atomic E-state index is 11.6. The van der Waals surface area contributed by atoms with E-state index >= 15 is 0 Å². The monoisotopic (exact) mass is 253 g/mol. The summed E-state index contributed by atoms with van der Waals surface area (Å²) in [6.45, 7) is 2.56. The van der Waals surface area contributed by atoms with Gasteiger partial charge in [0, 0.05) is 17.2 Å². The zero-order valence-corrected chi connectivity index (χ0v) is 11.6. The van der Waals surface area contributed by atoms with Crippen molar-refractivity contribution in [3.63, 3.8) is 0 Å². The maximum absolute atomic E-state index is 11.6. The van der Waals surface area contributed by atoms with Crippen LogP contribution in [0.25, 0.3) is 0 Å². The molecule has 0 heterocycles. The van der Waals surface area contributed by atoms with Crippen molar-refractivity contribution in [2.75, 3.05) is 33.5 Å². The predicted molar refractivity (Wildman–Crippen MR) is 72.3 cm³/mol. The number of thioether (sulfide) groups is 1. The van der Waals surface area contributed by atoms with Crippen molar-refractivity contribution in [1.29, 1.82) is 0 Å². The van der Waals surface area contributed by atoms with Crippen molar-refractivity contribution >= 4 is 17.5 Å².